The molecule has 1 heterocycles. The van der Waals surface area contributed by atoms with Crippen molar-refractivity contribution in [1.29, 1.82) is 0 Å². The zero-order chi connectivity index (χ0) is 24.7. The van der Waals surface area contributed by atoms with Crippen molar-refractivity contribution in [3.05, 3.63) is 53.8 Å². The van der Waals surface area contributed by atoms with E-state index in [1.54, 1.807) is 19.4 Å². The molecule has 1 N–H and O–H groups in total. The van der Waals surface area contributed by atoms with Gasteiger partial charge in [-0.15, -0.1) is 0 Å². The Balaban J connectivity index is 1.92. The zero-order valence-corrected chi connectivity index (χ0v) is 21.0. The topological polar surface area (TPSA) is 69.9 Å². The molecule has 34 heavy (non-hydrogen) atoms. The smallest absolute Gasteiger partial charge is 0.244 e. The van der Waals surface area contributed by atoms with E-state index in [2.05, 4.69) is 5.32 Å². The fourth-order valence-electron chi connectivity index (χ4n) is 3.86. The van der Waals surface area contributed by atoms with Crippen LogP contribution in [0.5, 0.6) is 11.5 Å². The predicted octanol–water partition coefficient (Wildman–Crippen LogP) is 6.15. The molecule has 0 fully saturated rings. The van der Waals surface area contributed by atoms with Crippen molar-refractivity contribution in [3.8, 4) is 22.6 Å². The summed E-state index contributed by atoms with van der Waals surface area (Å²) in [4.78, 5) is 12.5. The van der Waals surface area contributed by atoms with Gasteiger partial charge in [-0.1, -0.05) is 12.1 Å². The van der Waals surface area contributed by atoms with Gasteiger partial charge in [-0.3, -0.25) is 4.79 Å². The SMILES string of the molecule is CCOc1c(/C(C)=C/C(=O)NCCCOC(C)C)cc2c(-c3ccc(OC)cc3)coc2c1C. The fourth-order valence-corrected chi connectivity index (χ4v) is 3.86. The lowest BCUT2D eigenvalue weighted by Gasteiger charge is -2.15. The van der Waals surface area contributed by atoms with Crippen molar-refractivity contribution < 1.29 is 23.4 Å². The highest BCUT2D eigenvalue weighted by Gasteiger charge is 2.19. The van der Waals surface area contributed by atoms with Crippen molar-refractivity contribution >= 4 is 22.4 Å². The van der Waals surface area contributed by atoms with Crippen molar-refractivity contribution in [2.75, 3.05) is 26.9 Å². The third kappa shape index (κ3) is 6.00. The van der Waals surface area contributed by atoms with Crippen LogP contribution >= 0.6 is 0 Å². The van der Waals surface area contributed by atoms with E-state index in [1.807, 2.05) is 65.0 Å². The Bertz CT molecular complexity index is 1140. The number of aryl methyl sites for hydroxylation is 1. The number of nitrogens with one attached hydrogen (secondary N) is 1. The maximum absolute atomic E-state index is 12.5. The summed E-state index contributed by atoms with van der Waals surface area (Å²) in [7, 11) is 1.65. The Hall–Kier alpha value is -3.25. The van der Waals surface area contributed by atoms with E-state index in [0.717, 1.165) is 56.7 Å². The van der Waals surface area contributed by atoms with E-state index in [0.29, 0.717) is 19.8 Å². The van der Waals surface area contributed by atoms with Gasteiger partial charge in [0.1, 0.15) is 17.1 Å². The van der Waals surface area contributed by atoms with E-state index in [-0.39, 0.29) is 12.0 Å². The van der Waals surface area contributed by atoms with Gasteiger partial charge < -0.3 is 23.9 Å². The second-order valence-corrected chi connectivity index (χ2v) is 8.46. The lowest BCUT2D eigenvalue weighted by atomic mass is 9.96. The number of hydrogen-bond acceptors (Lipinski definition) is 5. The molecule has 6 heteroatoms. The van der Waals surface area contributed by atoms with Gasteiger partial charge >= 0.3 is 0 Å². The maximum atomic E-state index is 12.5. The Morgan fingerprint density at radius 3 is 2.59 bits per heavy atom. The monoisotopic (exact) mass is 465 g/mol. The highest BCUT2D eigenvalue weighted by atomic mass is 16.5. The molecule has 1 amide bonds. The molecule has 3 aromatic rings. The Morgan fingerprint density at radius 2 is 1.94 bits per heavy atom. The minimum atomic E-state index is -0.134. The number of amides is 1. The number of fused-ring (bicyclic) bond motifs is 1. The van der Waals surface area contributed by atoms with Crippen molar-refractivity contribution in [1.82, 2.24) is 5.32 Å². The number of methoxy groups -OCH3 is 1. The fraction of sp³-hybridized carbons (Fsp3) is 0.393. The van der Waals surface area contributed by atoms with Crippen LogP contribution in [0, 0.1) is 6.92 Å². The Labute approximate surface area is 201 Å². The second-order valence-electron chi connectivity index (χ2n) is 8.46. The summed E-state index contributed by atoms with van der Waals surface area (Å²) in [6, 6.07) is 9.92. The van der Waals surface area contributed by atoms with Gasteiger partial charge in [0.15, 0.2) is 0 Å². The van der Waals surface area contributed by atoms with Crippen LogP contribution in [-0.2, 0) is 9.53 Å². The first kappa shape index (κ1) is 25.4. The van der Waals surface area contributed by atoms with Gasteiger partial charge in [0.05, 0.1) is 26.1 Å². The van der Waals surface area contributed by atoms with Gasteiger partial charge in [-0.25, -0.2) is 0 Å². The average Bonchev–Trinajstić information content (AvgIpc) is 3.24. The molecule has 0 bridgehead atoms. The van der Waals surface area contributed by atoms with Crippen LogP contribution in [-0.4, -0.2) is 38.9 Å². The minimum Gasteiger partial charge on any atom is -0.497 e. The van der Waals surface area contributed by atoms with Gasteiger partial charge in [-0.05, 0) is 70.4 Å². The van der Waals surface area contributed by atoms with Gasteiger partial charge in [-0.2, -0.15) is 0 Å². The maximum Gasteiger partial charge on any atom is 0.244 e. The molecule has 0 unspecified atom stereocenters. The number of rotatable bonds is 11. The minimum absolute atomic E-state index is 0.134. The Kier molecular flexibility index (Phi) is 8.77. The summed E-state index contributed by atoms with van der Waals surface area (Å²) in [5.74, 6) is 1.40. The van der Waals surface area contributed by atoms with E-state index in [1.165, 1.54) is 0 Å². The standard InChI is InChI=1S/C28H35NO5/c1-7-32-27-20(5)28-24(25(17-34-28)21-9-11-22(31-6)12-10-21)16-23(27)19(4)15-26(30)29-13-8-14-33-18(2)3/h9-12,15-18H,7-8,13-14H2,1-6H3,(H,29,30)/b19-15+. The molecule has 0 radical (unpaired) electrons. The Morgan fingerprint density at radius 1 is 1.21 bits per heavy atom. The summed E-state index contributed by atoms with van der Waals surface area (Å²) >= 11 is 0. The van der Waals surface area contributed by atoms with Crippen molar-refractivity contribution in [2.45, 2.75) is 47.1 Å². The van der Waals surface area contributed by atoms with Gasteiger partial charge in [0.2, 0.25) is 5.91 Å². The summed E-state index contributed by atoms with van der Waals surface area (Å²) in [5, 5.41) is 3.91. The van der Waals surface area contributed by atoms with Crippen molar-refractivity contribution in [3.63, 3.8) is 0 Å². The number of ether oxygens (including phenoxy) is 3. The number of carbonyl (C=O) groups is 1. The first-order chi connectivity index (χ1) is 16.3. The molecule has 0 aliphatic rings. The molecule has 0 spiro atoms. The number of furan rings is 1. The van der Waals surface area contributed by atoms with Crippen LogP contribution in [0.1, 0.15) is 45.2 Å². The molecule has 1 aromatic heterocycles. The number of hydrogen-bond donors (Lipinski definition) is 1. The number of benzene rings is 2. The number of allylic oxidation sites excluding steroid dienone is 1. The van der Waals surface area contributed by atoms with Crippen LogP contribution < -0.4 is 14.8 Å². The lowest BCUT2D eigenvalue weighted by molar-refractivity contribution is -0.116. The molecule has 0 aliphatic heterocycles. The average molecular weight is 466 g/mol. The summed E-state index contributed by atoms with van der Waals surface area (Å²) in [6.45, 7) is 11.6. The van der Waals surface area contributed by atoms with Gasteiger partial charge in [0.25, 0.3) is 0 Å². The molecule has 182 valence electrons. The van der Waals surface area contributed by atoms with Crippen LogP contribution in [0.25, 0.3) is 27.7 Å². The van der Waals surface area contributed by atoms with Crippen molar-refractivity contribution in [2.24, 2.45) is 0 Å². The highest BCUT2D eigenvalue weighted by molar-refractivity contribution is 6.01. The first-order valence-corrected chi connectivity index (χ1v) is 11.8. The molecule has 6 nitrogen and oxygen atoms in total. The largest absolute Gasteiger partial charge is 0.497 e. The molecular formula is C28H35NO5. The molecule has 0 atom stereocenters. The molecule has 2 aromatic carbocycles. The van der Waals surface area contributed by atoms with E-state index in [4.69, 9.17) is 18.6 Å². The molecule has 0 aliphatic carbocycles. The first-order valence-electron chi connectivity index (χ1n) is 11.8. The van der Waals surface area contributed by atoms with Crippen LogP contribution in [0.2, 0.25) is 0 Å². The number of carbonyl (C=O) groups excluding carboxylic acids is 1. The third-order valence-electron chi connectivity index (χ3n) is 5.58. The summed E-state index contributed by atoms with van der Waals surface area (Å²) in [6.07, 6.45) is 4.36. The molecule has 0 saturated carbocycles. The van der Waals surface area contributed by atoms with E-state index in [9.17, 15) is 4.79 Å². The quantitative estimate of drug-likeness (QED) is 0.272. The predicted molar refractivity (Wildman–Crippen MR) is 136 cm³/mol. The van der Waals surface area contributed by atoms with Crippen LogP contribution in [0.3, 0.4) is 0 Å². The van der Waals surface area contributed by atoms with Crippen LogP contribution in [0.15, 0.2) is 47.1 Å². The van der Waals surface area contributed by atoms with E-state index < -0.39 is 0 Å². The summed E-state index contributed by atoms with van der Waals surface area (Å²) in [5.41, 5.74) is 5.39. The highest BCUT2D eigenvalue weighted by Crippen LogP contribution is 2.41. The van der Waals surface area contributed by atoms with E-state index >= 15 is 0 Å². The summed E-state index contributed by atoms with van der Waals surface area (Å²) < 4.78 is 22.8. The van der Waals surface area contributed by atoms with Crippen LogP contribution in [0.4, 0.5) is 0 Å². The molecular weight excluding hydrogens is 430 g/mol. The molecule has 3 rings (SSSR count). The third-order valence-corrected chi connectivity index (χ3v) is 5.58. The zero-order valence-electron chi connectivity index (χ0n) is 21.0. The lowest BCUT2D eigenvalue weighted by Crippen LogP contribution is -2.23. The van der Waals surface area contributed by atoms with Gasteiger partial charge in [0, 0.05) is 41.3 Å². The second kappa shape index (κ2) is 11.7. The normalized spacial score (nSPS) is 11.8. The molecule has 0 saturated heterocycles.